The first-order valence-electron chi connectivity index (χ1n) is 10.6. The number of aliphatic hydroxyl groups excluding tert-OH is 2. The van der Waals surface area contributed by atoms with Gasteiger partial charge in [-0.15, -0.1) is 0 Å². The highest BCUT2D eigenvalue weighted by Crippen LogP contribution is 2.36. The molecule has 1 amide bonds. The Hall–Kier alpha value is -2.39. The van der Waals surface area contributed by atoms with Crippen LogP contribution in [0.5, 0.6) is 0 Å². The van der Waals surface area contributed by atoms with Crippen LogP contribution in [0.15, 0.2) is 48.5 Å². The van der Waals surface area contributed by atoms with Crippen LogP contribution in [0.1, 0.15) is 37.8 Å². The van der Waals surface area contributed by atoms with Crippen LogP contribution in [0.25, 0.3) is 0 Å². The van der Waals surface area contributed by atoms with Gasteiger partial charge >= 0.3 is 0 Å². The van der Waals surface area contributed by atoms with E-state index in [4.69, 9.17) is 9.47 Å². The minimum absolute atomic E-state index is 0.0422. The molecule has 0 aliphatic heterocycles. The van der Waals surface area contributed by atoms with E-state index in [0.29, 0.717) is 0 Å². The van der Waals surface area contributed by atoms with E-state index in [0.717, 1.165) is 17.7 Å². The molecule has 0 heterocycles. The molecule has 32 heavy (non-hydrogen) atoms. The zero-order chi connectivity index (χ0) is 23.3. The second-order valence-corrected chi connectivity index (χ2v) is 8.45. The summed E-state index contributed by atoms with van der Waals surface area (Å²) >= 11 is 0. The van der Waals surface area contributed by atoms with Crippen LogP contribution >= 0.6 is 0 Å². The van der Waals surface area contributed by atoms with Gasteiger partial charge in [0.1, 0.15) is 17.7 Å². The molecule has 1 saturated carbocycles. The third-order valence-electron chi connectivity index (χ3n) is 5.50. The first-order chi connectivity index (χ1) is 15.2. The number of halogens is 2. The lowest BCUT2D eigenvalue weighted by Crippen LogP contribution is -2.61. The molecular weight excluding hydrogens is 420 g/mol. The highest BCUT2D eigenvalue weighted by Gasteiger charge is 2.51. The zero-order valence-corrected chi connectivity index (χ0v) is 18.1. The standard InChI is InChI=1S/C24H29F2NO5/c1-15(2)27-23(30)24(32-14-17-8-9-18(25)10-19(17)26)11-20(28)22(29)21(12-24)31-13-16-6-4-3-5-7-16/h3-10,15,20-22,28-29H,11-14H2,1-2H3,(H,27,30)/t20-,21+,22-,24+/m1/s1. The van der Waals surface area contributed by atoms with Crippen molar-refractivity contribution in [1.82, 2.24) is 5.32 Å². The van der Waals surface area contributed by atoms with E-state index in [1.165, 1.54) is 6.07 Å². The SMILES string of the molecule is CC(C)NC(=O)[C@]1(OCc2ccc(F)cc2F)C[C@@H](O)[C@@H](O)[C@@H](OCc2ccccc2)C1. The van der Waals surface area contributed by atoms with E-state index in [-0.39, 0.29) is 37.7 Å². The van der Waals surface area contributed by atoms with Crippen molar-refractivity contribution >= 4 is 5.91 Å². The molecule has 6 nitrogen and oxygen atoms in total. The van der Waals surface area contributed by atoms with Crippen molar-refractivity contribution in [3.8, 4) is 0 Å². The molecule has 2 aromatic rings. The van der Waals surface area contributed by atoms with Gasteiger partial charge in [-0.1, -0.05) is 36.4 Å². The molecule has 174 valence electrons. The lowest BCUT2D eigenvalue weighted by molar-refractivity contribution is -0.200. The fourth-order valence-corrected chi connectivity index (χ4v) is 3.79. The molecule has 1 fully saturated rings. The largest absolute Gasteiger partial charge is 0.390 e. The van der Waals surface area contributed by atoms with Crippen LogP contribution in [-0.4, -0.2) is 46.1 Å². The van der Waals surface area contributed by atoms with Crippen molar-refractivity contribution in [3.05, 3.63) is 71.3 Å². The first-order valence-corrected chi connectivity index (χ1v) is 10.6. The molecule has 0 spiro atoms. The normalized spacial score (nSPS) is 25.7. The molecule has 3 N–H and O–H groups in total. The Morgan fingerprint density at radius 3 is 2.50 bits per heavy atom. The molecule has 0 unspecified atom stereocenters. The number of aliphatic hydroxyl groups is 2. The van der Waals surface area contributed by atoms with Crippen LogP contribution in [0.3, 0.4) is 0 Å². The second kappa shape index (κ2) is 10.5. The van der Waals surface area contributed by atoms with Crippen molar-refractivity contribution in [1.29, 1.82) is 0 Å². The van der Waals surface area contributed by atoms with Gasteiger partial charge in [0, 0.05) is 30.5 Å². The van der Waals surface area contributed by atoms with E-state index >= 15 is 0 Å². The summed E-state index contributed by atoms with van der Waals surface area (Å²) in [6.07, 6.45) is -3.64. The van der Waals surface area contributed by atoms with Crippen LogP contribution in [0.2, 0.25) is 0 Å². The van der Waals surface area contributed by atoms with Gasteiger partial charge in [-0.3, -0.25) is 4.79 Å². The van der Waals surface area contributed by atoms with Crippen molar-refractivity contribution in [2.45, 2.75) is 69.9 Å². The number of ether oxygens (including phenoxy) is 2. The second-order valence-electron chi connectivity index (χ2n) is 8.45. The van der Waals surface area contributed by atoms with Gasteiger partial charge in [0.15, 0.2) is 5.60 Å². The Morgan fingerprint density at radius 1 is 1.12 bits per heavy atom. The Bertz CT molecular complexity index is 911. The molecule has 0 bridgehead atoms. The molecule has 1 aliphatic carbocycles. The summed E-state index contributed by atoms with van der Waals surface area (Å²) in [6.45, 7) is 3.42. The lowest BCUT2D eigenvalue weighted by atomic mass is 9.78. The van der Waals surface area contributed by atoms with Crippen LogP contribution in [-0.2, 0) is 27.5 Å². The smallest absolute Gasteiger partial charge is 0.252 e. The van der Waals surface area contributed by atoms with Crippen LogP contribution < -0.4 is 5.32 Å². The number of hydrogen-bond donors (Lipinski definition) is 3. The average Bonchev–Trinajstić information content (AvgIpc) is 2.74. The Kier molecular flexibility index (Phi) is 7.95. The van der Waals surface area contributed by atoms with Gasteiger partial charge in [-0.25, -0.2) is 8.78 Å². The Balaban J connectivity index is 1.82. The molecule has 0 radical (unpaired) electrons. The highest BCUT2D eigenvalue weighted by molar-refractivity contribution is 5.85. The molecule has 8 heteroatoms. The predicted molar refractivity (Wildman–Crippen MR) is 113 cm³/mol. The minimum Gasteiger partial charge on any atom is -0.390 e. The van der Waals surface area contributed by atoms with E-state index < -0.39 is 41.5 Å². The number of nitrogens with one attached hydrogen (secondary N) is 1. The summed E-state index contributed by atoms with van der Waals surface area (Å²) in [5.74, 6) is -2.00. The quantitative estimate of drug-likeness (QED) is 0.577. The fraction of sp³-hybridized carbons (Fsp3) is 0.458. The molecule has 3 rings (SSSR count). The lowest BCUT2D eigenvalue weighted by Gasteiger charge is -2.44. The van der Waals surface area contributed by atoms with E-state index in [1.807, 2.05) is 30.3 Å². The highest BCUT2D eigenvalue weighted by atomic mass is 19.1. The third kappa shape index (κ3) is 5.89. The topological polar surface area (TPSA) is 88.0 Å². The van der Waals surface area contributed by atoms with Gasteiger partial charge in [0.05, 0.1) is 25.4 Å². The maximum absolute atomic E-state index is 14.1. The predicted octanol–water partition coefficient (Wildman–Crippen LogP) is 2.85. The molecule has 4 atom stereocenters. The summed E-state index contributed by atoms with van der Waals surface area (Å²) in [5.41, 5.74) is -0.623. The summed E-state index contributed by atoms with van der Waals surface area (Å²) in [7, 11) is 0. The summed E-state index contributed by atoms with van der Waals surface area (Å²) in [5, 5.41) is 23.8. The van der Waals surface area contributed by atoms with E-state index in [9.17, 15) is 23.8 Å². The van der Waals surface area contributed by atoms with E-state index in [2.05, 4.69) is 5.32 Å². The summed E-state index contributed by atoms with van der Waals surface area (Å²) < 4.78 is 39.1. The monoisotopic (exact) mass is 449 g/mol. The molecule has 0 aromatic heterocycles. The maximum Gasteiger partial charge on any atom is 0.252 e. The fourth-order valence-electron chi connectivity index (χ4n) is 3.79. The Morgan fingerprint density at radius 2 is 1.84 bits per heavy atom. The molecule has 1 aliphatic rings. The van der Waals surface area contributed by atoms with Crippen LogP contribution in [0, 0.1) is 11.6 Å². The minimum atomic E-state index is -1.56. The number of carbonyl (C=O) groups is 1. The first kappa shape index (κ1) is 24.3. The van der Waals surface area contributed by atoms with Gasteiger partial charge in [0.25, 0.3) is 5.91 Å². The van der Waals surface area contributed by atoms with Gasteiger partial charge in [0.2, 0.25) is 0 Å². The third-order valence-corrected chi connectivity index (χ3v) is 5.50. The number of benzene rings is 2. The number of rotatable bonds is 8. The van der Waals surface area contributed by atoms with E-state index in [1.54, 1.807) is 13.8 Å². The van der Waals surface area contributed by atoms with Gasteiger partial charge in [-0.05, 0) is 25.5 Å². The summed E-state index contributed by atoms with van der Waals surface area (Å²) in [4.78, 5) is 13.1. The van der Waals surface area contributed by atoms with Gasteiger partial charge in [-0.2, -0.15) is 0 Å². The number of carbonyl (C=O) groups excluding carboxylic acids is 1. The van der Waals surface area contributed by atoms with Crippen molar-refractivity contribution in [2.75, 3.05) is 0 Å². The van der Waals surface area contributed by atoms with Gasteiger partial charge < -0.3 is 25.0 Å². The van der Waals surface area contributed by atoms with Crippen LogP contribution in [0.4, 0.5) is 8.78 Å². The molecular formula is C24H29F2NO5. The zero-order valence-electron chi connectivity index (χ0n) is 18.1. The number of hydrogen-bond acceptors (Lipinski definition) is 5. The van der Waals surface area contributed by atoms with Crippen molar-refractivity contribution in [3.63, 3.8) is 0 Å². The molecule has 2 aromatic carbocycles. The average molecular weight is 449 g/mol. The maximum atomic E-state index is 14.1. The van der Waals surface area contributed by atoms with Crippen molar-refractivity contribution in [2.24, 2.45) is 0 Å². The number of amides is 1. The summed E-state index contributed by atoms with van der Waals surface area (Å²) in [6, 6.07) is 12.2. The van der Waals surface area contributed by atoms with Crippen molar-refractivity contribution < 1.29 is 33.3 Å². The molecule has 0 saturated heterocycles. The Labute approximate surface area is 186 Å².